The van der Waals surface area contributed by atoms with Crippen molar-refractivity contribution < 1.29 is 14.3 Å². The van der Waals surface area contributed by atoms with Crippen molar-refractivity contribution >= 4 is 23.6 Å². The molecule has 3 rings (SSSR count). The van der Waals surface area contributed by atoms with Crippen LogP contribution >= 0.6 is 11.8 Å². The molecule has 1 heterocycles. The van der Waals surface area contributed by atoms with Crippen molar-refractivity contribution in [2.75, 3.05) is 6.54 Å². The zero-order valence-electron chi connectivity index (χ0n) is 15.3. The molecule has 2 N–H and O–H groups in total. The summed E-state index contributed by atoms with van der Waals surface area (Å²) in [6.07, 6.45) is 0.561. The van der Waals surface area contributed by atoms with Crippen LogP contribution in [0.1, 0.15) is 18.9 Å². The van der Waals surface area contributed by atoms with Gasteiger partial charge < -0.3 is 15.4 Å². The predicted molar refractivity (Wildman–Crippen MR) is 106 cm³/mol. The predicted octanol–water partition coefficient (Wildman–Crippen LogP) is 2.84. The number of nitrogens with two attached hydrogens (primary N) is 1. The Balaban J connectivity index is 1.67. The number of amides is 1. The third kappa shape index (κ3) is 5.11. The summed E-state index contributed by atoms with van der Waals surface area (Å²) in [6, 6.07) is 18.3. The fourth-order valence-electron chi connectivity index (χ4n) is 3.13. The molecule has 142 valence electrons. The van der Waals surface area contributed by atoms with Crippen LogP contribution in [0.5, 0.6) is 0 Å². The van der Waals surface area contributed by atoms with E-state index in [-0.39, 0.29) is 23.7 Å². The van der Waals surface area contributed by atoms with E-state index < -0.39 is 12.1 Å². The molecule has 1 fully saturated rings. The molecular weight excluding hydrogens is 360 g/mol. The summed E-state index contributed by atoms with van der Waals surface area (Å²) >= 11 is 1.68. The van der Waals surface area contributed by atoms with E-state index in [4.69, 9.17) is 10.5 Å². The Morgan fingerprint density at radius 1 is 1.15 bits per heavy atom. The van der Waals surface area contributed by atoms with Crippen LogP contribution in [0.3, 0.4) is 0 Å². The second kappa shape index (κ2) is 9.06. The van der Waals surface area contributed by atoms with Gasteiger partial charge in [-0.15, -0.1) is 11.8 Å². The lowest BCUT2D eigenvalue weighted by Gasteiger charge is -2.24. The van der Waals surface area contributed by atoms with Gasteiger partial charge in [0, 0.05) is 16.7 Å². The highest BCUT2D eigenvalue weighted by molar-refractivity contribution is 8.00. The van der Waals surface area contributed by atoms with Crippen molar-refractivity contribution in [1.82, 2.24) is 4.90 Å². The average molecular weight is 385 g/mol. The van der Waals surface area contributed by atoms with Gasteiger partial charge in [-0.05, 0) is 31.0 Å². The Bertz CT molecular complexity index is 768. The number of hydrogen-bond donors (Lipinski definition) is 1. The van der Waals surface area contributed by atoms with Gasteiger partial charge in [-0.2, -0.15) is 0 Å². The summed E-state index contributed by atoms with van der Waals surface area (Å²) in [5, 5.41) is 0.129. The second-order valence-corrected chi connectivity index (χ2v) is 8.05. The number of thioether (sulfide) groups is 1. The van der Waals surface area contributed by atoms with Gasteiger partial charge in [0.15, 0.2) is 0 Å². The van der Waals surface area contributed by atoms with Crippen molar-refractivity contribution in [3.63, 3.8) is 0 Å². The molecule has 27 heavy (non-hydrogen) atoms. The molecule has 0 bridgehead atoms. The highest BCUT2D eigenvalue weighted by Gasteiger charge is 2.41. The van der Waals surface area contributed by atoms with E-state index in [1.54, 1.807) is 23.6 Å². The van der Waals surface area contributed by atoms with Crippen molar-refractivity contribution in [3.8, 4) is 0 Å². The van der Waals surface area contributed by atoms with Crippen LogP contribution in [0, 0.1) is 0 Å². The number of carbonyl (C=O) groups is 2. The monoisotopic (exact) mass is 384 g/mol. The summed E-state index contributed by atoms with van der Waals surface area (Å²) in [7, 11) is 0. The molecule has 1 amide bonds. The Morgan fingerprint density at radius 3 is 2.41 bits per heavy atom. The Morgan fingerprint density at radius 2 is 1.78 bits per heavy atom. The van der Waals surface area contributed by atoms with Gasteiger partial charge in [-0.1, -0.05) is 48.5 Å². The van der Waals surface area contributed by atoms with E-state index in [1.807, 2.05) is 60.7 Å². The van der Waals surface area contributed by atoms with E-state index >= 15 is 0 Å². The van der Waals surface area contributed by atoms with Crippen LogP contribution in [0.2, 0.25) is 0 Å². The van der Waals surface area contributed by atoms with Crippen molar-refractivity contribution in [1.29, 1.82) is 0 Å². The minimum absolute atomic E-state index is 0.129. The summed E-state index contributed by atoms with van der Waals surface area (Å²) in [6.45, 7) is 2.34. The van der Waals surface area contributed by atoms with E-state index in [1.165, 1.54) is 0 Å². The molecule has 0 unspecified atom stereocenters. The summed E-state index contributed by atoms with van der Waals surface area (Å²) in [4.78, 5) is 27.9. The summed E-state index contributed by atoms with van der Waals surface area (Å²) in [5.41, 5.74) is 6.71. The third-order valence-corrected chi connectivity index (χ3v) is 5.70. The molecule has 1 aliphatic rings. The molecule has 6 heteroatoms. The van der Waals surface area contributed by atoms with Crippen LogP contribution in [-0.2, 0) is 20.9 Å². The Hall–Kier alpha value is -2.31. The van der Waals surface area contributed by atoms with Gasteiger partial charge in [0.2, 0.25) is 5.91 Å². The van der Waals surface area contributed by atoms with Crippen LogP contribution in [-0.4, -0.2) is 40.7 Å². The number of carbonyl (C=O) groups excluding carboxylic acids is 2. The standard InChI is InChI=1S/C21H24N2O3S/c1-15(22)20(24)23-13-18(27-17-10-6-3-7-11-17)12-19(23)21(25)26-14-16-8-4-2-5-9-16/h2-11,15,18-19H,12-14,22H2,1H3/t15-,18-,19-/m0/s1. The van der Waals surface area contributed by atoms with E-state index in [0.717, 1.165) is 10.5 Å². The van der Waals surface area contributed by atoms with E-state index in [2.05, 4.69) is 0 Å². The lowest BCUT2D eigenvalue weighted by Crippen LogP contribution is -2.47. The lowest BCUT2D eigenvalue weighted by molar-refractivity contribution is -0.154. The highest BCUT2D eigenvalue weighted by Crippen LogP contribution is 2.33. The van der Waals surface area contributed by atoms with Gasteiger partial charge in [0.25, 0.3) is 0 Å². The molecular formula is C21H24N2O3S. The first-order valence-corrected chi connectivity index (χ1v) is 9.91. The first-order valence-electron chi connectivity index (χ1n) is 9.03. The normalized spacial score (nSPS) is 20.3. The molecule has 0 spiro atoms. The Labute approximate surface area is 163 Å². The molecule has 1 saturated heterocycles. The molecule has 2 aromatic carbocycles. The number of nitrogens with zero attached hydrogens (tertiary/aromatic N) is 1. The fourth-order valence-corrected chi connectivity index (χ4v) is 4.34. The largest absolute Gasteiger partial charge is 0.459 e. The molecule has 3 atom stereocenters. The molecule has 0 radical (unpaired) electrons. The first kappa shape index (κ1) is 19.5. The summed E-state index contributed by atoms with van der Waals surface area (Å²) < 4.78 is 5.49. The minimum Gasteiger partial charge on any atom is -0.459 e. The highest BCUT2D eigenvalue weighted by atomic mass is 32.2. The fraction of sp³-hybridized carbons (Fsp3) is 0.333. The van der Waals surface area contributed by atoms with Gasteiger partial charge in [0.1, 0.15) is 12.6 Å². The number of ether oxygens (including phenoxy) is 1. The van der Waals surface area contributed by atoms with Crippen LogP contribution in [0.25, 0.3) is 0 Å². The molecule has 2 aromatic rings. The van der Waals surface area contributed by atoms with E-state index in [9.17, 15) is 9.59 Å². The molecule has 5 nitrogen and oxygen atoms in total. The molecule has 0 aliphatic carbocycles. The molecule has 0 aromatic heterocycles. The first-order chi connectivity index (χ1) is 13.0. The van der Waals surface area contributed by atoms with Gasteiger partial charge in [-0.25, -0.2) is 4.79 Å². The maximum Gasteiger partial charge on any atom is 0.329 e. The van der Waals surface area contributed by atoms with Crippen molar-refractivity contribution in [3.05, 3.63) is 66.2 Å². The van der Waals surface area contributed by atoms with Gasteiger partial charge >= 0.3 is 5.97 Å². The maximum absolute atomic E-state index is 12.7. The number of likely N-dealkylation sites (tertiary alicyclic amines) is 1. The van der Waals surface area contributed by atoms with Gasteiger partial charge in [0.05, 0.1) is 6.04 Å². The van der Waals surface area contributed by atoms with Crippen molar-refractivity contribution in [2.45, 2.75) is 42.2 Å². The van der Waals surface area contributed by atoms with Crippen LogP contribution < -0.4 is 5.73 Å². The van der Waals surface area contributed by atoms with Crippen LogP contribution in [0.15, 0.2) is 65.6 Å². The minimum atomic E-state index is -0.644. The number of hydrogen-bond acceptors (Lipinski definition) is 5. The van der Waals surface area contributed by atoms with Gasteiger partial charge in [-0.3, -0.25) is 4.79 Å². The lowest BCUT2D eigenvalue weighted by atomic mass is 10.2. The summed E-state index contributed by atoms with van der Waals surface area (Å²) in [5.74, 6) is -0.586. The quantitative estimate of drug-likeness (QED) is 0.776. The zero-order valence-corrected chi connectivity index (χ0v) is 16.1. The average Bonchev–Trinajstić information content (AvgIpc) is 3.10. The topological polar surface area (TPSA) is 72.6 Å². The third-order valence-electron chi connectivity index (χ3n) is 4.48. The number of benzene rings is 2. The van der Waals surface area contributed by atoms with Crippen LogP contribution in [0.4, 0.5) is 0 Å². The Kier molecular flexibility index (Phi) is 6.53. The second-order valence-electron chi connectivity index (χ2n) is 6.68. The zero-order chi connectivity index (χ0) is 19.2. The maximum atomic E-state index is 12.7. The molecule has 0 saturated carbocycles. The van der Waals surface area contributed by atoms with E-state index in [0.29, 0.717) is 13.0 Å². The number of rotatable bonds is 6. The smallest absolute Gasteiger partial charge is 0.329 e. The number of esters is 1. The van der Waals surface area contributed by atoms with Crippen molar-refractivity contribution in [2.24, 2.45) is 5.73 Å². The SMILES string of the molecule is C[C@H](N)C(=O)N1C[C@@H](Sc2ccccc2)C[C@H]1C(=O)OCc1ccccc1. The molecule has 1 aliphatic heterocycles.